The van der Waals surface area contributed by atoms with E-state index >= 15 is 0 Å². The predicted octanol–water partition coefficient (Wildman–Crippen LogP) is 4.79. The first-order valence-electron chi connectivity index (χ1n) is 23.2. The van der Waals surface area contributed by atoms with E-state index in [0.717, 1.165) is 44.6 Å². The molecule has 1 unspecified atom stereocenters. The number of hydrogen-bond donors (Lipinski definition) is 0. The van der Waals surface area contributed by atoms with Gasteiger partial charge >= 0.3 is 12.1 Å². The van der Waals surface area contributed by atoms with Gasteiger partial charge in [-0.25, -0.2) is 4.79 Å². The quantitative estimate of drug-likeness (QED) is 0.160. The third-order valence-electron chi connectivity index (χ3n) is 14.6. The molecule has 4 saturated heterocycles. The smallest absolute Gasteiger partial charge is 0.410 e. The zero-order chi connectivity index (χ0) is 45.8. The van der Waals surface area contributed by atoms with Gasteiger partial charge < -0.3 is 43.1 Å². The number of morpholine rings is 1. The average Bonchev–Trinajstić information content (AvgIpc) is 3.85. The zero-order valence-corrected chi connectivity index (χ0v) is 39.6. The Hall–Kier alpha value is -3.54. The van der Waals surface area contributed by atoms with Gasteiger partial charge in [0, 0.05) is 76.0 Å². The summed E-state index contributed by atoms with van der Waals surface area (Å²) in [5, 5.41) is 0. The van der Waals surface area contributed by atoms with E-state index in [0.29, 0.717) is 32.6 Å². The number of ketones is 2. The molecule has 352 valence electrons. The van der Waals surface area contributed by atoms with Gasteiger partial charge in [-0.2, -0.15) is 0 Å². The van der Waals surface area contributed by atoms with E-state index in [1.165, 1.54) is 0 Å². The van der Waals surface area contributed by atoms with Crippen LogP contribution < -0.4 is 0 Å². The minimum Gasteiger partial charge on any atom is -0.458 e. The highest BCUT2D eigenvalue weighted by molar-refractivity contribution is 6.00. The van der Waals surface area contributed by atoms with Crippen LogP contribution >= 0.6 is 0 Å². The molecular formula is C47H74N6O10. The highest BCUT2D eigenvalue weighted by Gasteiger charge is 2.60. The van der Waals surface area contributed by atoms with Crippen LogP contribution in [0.3, 0.4) is 0 Å². The van der Waals surface area contributed by atoms with E-state index in [2.05, 4.69) is 24.7 Å². The number of amides is 1. The molecule has 1 aromatic heterocycles. The number of ether oxygens (including phenoxy) is 6. The van der Waals surface area contributed by atoms with E-state index in [1.807, 2.05) is 73.4 Å². The number of esters is 1. The van der Waals surface area contributed by atoms with Crippen LogP contribution in [0.4, 0.5) is 4.79 Å². The largest absolute Gasteiger partial charge is 0.458 e. The summed E-state index contributed by atoms with van der Waals surface area (Å²) < 4.78 is 38.2. The van der Waals surface area contributed by atoms with Gasteiger partial charge in [0.25, 0.3) is 0 Å². The second kappa shape index (κ2) is 20.7. The lowest BCUT2D eigenvalue weighted by Gasteiger charge is -2.51. The summed E-state index contributed by atoms with van der Waals surface area (Å²) in [7, 11) is 5.58. The number of carbonyl (C=O) groups is 4. The molecule has 1 amide bonds. The summed E-state index contributed by atoms with van der Waals surface area (Å²) in [5.74, 6) is -4.58. The van der Waals surface area contributed by atoms with Crippen LogP contribution in [0.25, 0.3) is 0 Å². The number of pyridine rings is 1. The SMILES string of the molecule is CC[C@H]1OC(=O)[C@H](C)C(=O)[C@H](C)[C@@H](O[C@@H]2O[C@H](C)C[C@@H](N3CCOCC3)[C@@H]2N(C)C)[C@@](C)(OC)C[C@@H](C)C(=O)[C@H](C)[C@H]2N(CCCCN3C=NC(c4cccnc4)C3)C(=O)O[C@]12C. The maximum absolute atomic E-state index is 14.9. The average molecular weight is 883 g/mol. The Morgan fingerprint density at radius 3 is 2.33 bits per heavy atom. The van der Waals surface area contributed by atoms with Crippen LogP contribution in [0.5, 0.6) is 0 Å². The number of unbranched alkanes of at least 4 members (excludes halogenated alkanes) is 1. The van der Waals surface area contributed by atoms with Crippen molar-refractivity contribution in [3.8, 4) is 0 Å². The molecule has 4 fully saturated rings. The lowest BCUT2D eigenvalue weighted by Crippen LogP contribution is -2.64. The number of likely N-dealkylation sites (N-methyl/N-ethyl adjacent to an activating group) is 1. The van der Waals surface area contributed by atoms with Crippen LogP contribution in [0.1, 0.15) is 99.1 Å². The standard InChI is InChI=1S/C47H74N6O10/c1-12-37-47(8)41(53(45(57)63-47)19-14-13-18-51-27-35(49-28-51)34-16-15-17-48-26-34)31(4)39(54)29(2)25-46(7,58-11)42(32(5)40(55)33(6)43(56)61-37)62-44-38(50(9)10)36(24-30(3)60-44)52-20-22-59-23-21-52/h15-17,26,28-33,35-38,41-42,44H,12-14,18-25,27H2,1-11H3/t29-,30-,31+,32+,33-,35?,36-,37-,38+,41-,42-,44+,46+,47-/m1/s1. The van der Waals surface area contributed by atoms with Crippen LogP contribution in [-0.2, 0) is 42.8 Å². The molecule has 1 aromatic rings. The number of methoxy groups -OCH3 is 1. The lowest BCUT2D eigenvalue weighted by atomic mass is 9.73. The fourth-order valence-corrected chi connectivity index (χ4v) is 11.1. The minimum atomic E-state index is -1.38. The Balaban J connectivity index is 1.26. The maximum atomic E-state index is 14.9. The number of aromatic nitrogens is 1. The molecule has 5 aliphatic rings. The Bertz CT molecular complexity index is 1760. The first-order valence-corrected chi connectivity index (χ1v) is 23.2. The molecule has 6 heterocycles. The first kappa shape index (κ1) is 48.9. The van der Waals surface area contributed by atoms with Gasteiger partial charge in [0.2, 0.25) is 0 Å². The van der Waals surface area contributed by atoms with Gasteiger partial charge in [0.15, 0.2) is 17.7 Å². The van der Waals surface area contributed by atoms with Crippen LogP contribution in [0.2, 0.25) is 0 Å². The highest BCUT2D eigenvalue weighted by Crippen LogP contribution is 2.43. The summed E-state index contributed by atoms with van der Waals surface area (Å²) >= 11 is 0. The first-order chi connectivity index (χ1) is 29.9. The molecule has 14 atom stereocenters. The number of carbonyl (C=O) groups excluding carboxylic acids is 4. The monoisotopic (exact) mass is 883 g/mol. The van der Waals surface area contributed by atoms with Gasteiger partial charge in [-0.15, -0.1) is 0 Å². The van der Waals surface area contributed by atoms with Crippen molar-refractivity contribution in [1.29, 1.82) is 0 Å². The molecule has 0 saturated carbocycles. The molecule has 0 aliphatic carbocycles. The number of hydrogen-bond acceptors (Lipinski definition) is 15. The molecule has 5 aliphatic heterocycles. The second-order valence-electron chi connectivity index (χ2n) is 19.3. The van der Waals surface area contributed by atoms with E-state index in [-0.39, 0.29) is 42.2 Å². The summed E-state index contributed by atoms with van der Waals surface area (Å²) in [6.45, 7) is 19.2. The van der Waals surface area contributed by atoms with Gasteiger partial charge in [0.05, 0.1) is 55.5 Å². The zero-order valence-electron chi connectivity index (χ0n) is 39.6. The van der Waals surface area contributed by atoms with Crippen molar-refractivity contribution in [2.75, 3.05) is 67.1 Å². The second-order valence-corrected chi connectivity index (χ2v) is 19.3. The van der Waals surface area contributed by atoms with Crippen molar-refractivity contribution in [3.63, 3.8) is 0 Å². The lowest BCUT2D eigenvalue weighted by molar-refractivity contribution is -0.284. The van der Waals surface area contributed by atoms with E-state index in [1.54, 1.807) is 39.0 Å². The number of aliphatic imine (C=N–C) groups is 1. The molecule has 16 heteroatoms. The van der Waals surface area contributed by atoms with Gasteiger partial charge in [0.1, 0.15) is 17.8 Å². The Labute approximate surface area is 374 Å². The van der Waals surface area contributed by atoms with Crippen LogP contribution in [0, 0.1) is 23.7 Å². The topological polar surface area (TPSA) is 162 Å². The predicted molar refractivity (Wildman–Crippen MR) is 236 cm³/mol. The molecule has 0 spiro atoms. The van der Waals surface area contributed by atoms with Crippen molar-refractivity contribution in [1.82, 2.24) is 24.6 Å². The minimum absolute atomic E-state index is 0.0234. The number of nitrogens with zero attached hydrogens (tertiary/aromatic N) is 6. The Morgan fingerprint density at radius 2 is 1.68 bits per heavy atom. The van der Waals surface area contributed by atoms with Crippen LogP contribution in [0.15, 0.2) is 29.5 Å². The number of fused-ring (bicyclic) bond motifs is 1. The van der Waals surface area contributed by atoms with Gasteiger partial charge in [-0.05, 0) is 85.5 Å². The van der Waals surface area contributed by atoms with Crippen molar-refractivity contribution >= 4 is 30.0 Å². The molecule has 0 radical (unpaired) electrons. The van der Waals surface area contributed by atoms with Crippen molar-refractivity contribution in [2.45, 2.75) is 147 Å². The summed E-state index contributed by atoms with van der Waals surface area (Å²) in [6, 6.07) is 3.08. The highest BCUT2D eigenvalue weighted by atomic mass is 16.7. The third-order valence-corrected chi connectivity index (χ3v) is 14.6. The normalized spacial score (nSPS) is 38.7. The summed E-state index contributed by atoms with van der Waals surface area (Å²) in [6.07, 6.45) is 4.82. The molecule has 6 rings (SSSR count). The van der Waals surface area contributed by atoms with Gasteiger partial charge in [-0.1, -0.05) is 33.8 Å². The fourth-order valence-electron chi connectivity index (χ4n) is 11.1. The van der Waals surface area contributed by atoms with E-state index in [4.69, 9.17) is 28.4 Å². The van der Waals surface area contributed by atoms with Crippen LogP contribution in [-0.4, -0.2) is 176 Å². The molecule has 0 aromatic carbocycles. The summed E-state index contributed by atoms with van der Waals surface area (Å²) in [5.41, 5.74) is -1.51. The Kier molecular flexibility index (Phi) is 16.1. The fraction of sp³-hybridized carbons (Fsp3) is 0.787. The van der Waals surface area contributed by atoms with E-state index < -0.39 is 71.5 Å². The van der Waals surface area contributed by atoms with Gasteiger partial charge in [-0.3, -0.25) is 29.3 Å². The third kappa shape index (κ3) is 10.5. The Morgan fingerprint density at radius 1 is 0.968 bits per heavy atom. The molecule has 63 heavy (non-hydrogen) atoms. The summed E-state index contributed by atoms with van der Waals surface area (Å²) in [4.78, 5) is 75.0. The number of rotatable bonds is 12. The number of Topliss-reactive ketones (excluding diaryl/α,β-unsaturated/α-hetero) is 2. The van der Waals surface area contributed by atoms with Crippen molar-refractivity contribution in [2.24, 2.45) is 28.7 Å². The van der Waals surface area contributed by atoms with Crippen molar-refractivity contribution < 1.29 is 47.6 Å². The molecular weight excluding hydrogens is 809 g/mol. The maximum Gasteiger partial charge on any atom is 0.410 e. The number of cyclic esters (lactones) is 1. The molecule has 0 N–H and O–H groups in total. The molecule has 0 bridgehead atoms. The van der Waals surface area contributed by atoms with E-state index in [9.17, 15) is 19.2 Å². The van der Waals surface area contributed by atoms with Crippen molar-refractivity contribution in [3.05, 3.63) is 30.1 Å². The molecule has 16 nitrogen and oxygen atoms in total.